The van der Waals surface area contributed by atoms with Crippen molar-refractivity contribution in [2.45, 2.75) is 0 Å². The van der Waals surface area contributed by atoms with E-state index < -0.39 is 0 Å². The third-order valence-electron chi connectivity index (χ3n) is 11.7. The number of benzene rings is 10. The molecule has 2 heteroatoms. The number of hydrogen-bond donors (Lipinski definition) is 0. The van der Waals surface area contributed by atoms with E-state index in [1.54, 1.807) is 0 Å². The average molecular weight is 766 g/mol. The number of furan rings is 1. The lowest BCUT2D eigenvalue weighted by Crippen LogP contribution is -2.11. The molecule has 1 heterocycles. The van der Waals surface area contributed by atoms with Gasteiger partial charge < -0.3 is 9.32 Å². The van der Waals surface area contributed by atoms with Crippen LogP contribution in [0.25, 0.3) is 88.3 Å². The quantitative estimate of drug-likeness (QED) is 0.153. The van der Waals surface area contributed by atoms with E-state index in [-0.39, 0.29) is 0 Å². The summed E-state index contributed by atoms with van der Waals surface area (Å²) in [7, 11) is 0. The highest BCUT2D eigenvalue weighted by Crippen LogP contribution is 2.45. The maximum absolute atomic E-state index is 6.24. The molecule has 0 atom stereocenters. The Balaban J connectivity index is 1.05. The highest BCUT2D eigenvalue weighted by molar-refractivity contribution is 6.19. The van der Waals surface area contributed by atoms with Gasteiger partial charge in [-0.3, -0.25) is 0 Å². The average Bonchev–Trinajstić information content (AvgIpc) is 3.72. The van der Waals surface area contributed by atoms with Gasteiger partial charge in [-0.25, -0.2) is 0 Å². The topological polar surface area (TPSA) is 16.4 Å². The van der Waals surface area contributed by atoms with E-state index in [0.717, 1.165) is 50.1 Å². The minimum absolute atomic E-state index is 0.913. The Kier molecular flexibility index (Phi) is 8.87. The van der Waals surface area contributed by atoms with Crippen LogP contribution in [-0.2, 0) is 0 Å². The Morgan fingerprint density at radius 2 is 0.817 bits per heavy atom. The van der Waals surface area contributed by atoms with Crippen molar-refractivity contribution in [2.75, 3.05) is 4.90 Å². The summed E-state index contributed by atoms with van der Waals surface area (Å²) in [5.41, 5.74) is 16.9. The van der Waals surface area contributed by atoms with Crippen LogP contribution in [0.15, 0.2) is 241 Å². The summed E-state index contributed by atoms with van der Waals surface area (Å²) in [5, 5.41) is 4.68. The first kappa shape index (κ1) is 35.2. The van der Waals surface area contributed by atoms with Gasteiger partial charge in [-0.1, -0.05) is 188 Å². The second-order valence-corrected chi connectivity index (χ2v) is 15.3. The lowest BCUT2D eigenvalue weighted by Gasteiger charge is -2.29. The monoisotopic (exact) mass is 765 g/mol. The Hall–Kier alpha value is -7.94. The fourth-order valence-corrected chi connectivity index (χ4v) is 8.75. The third kappa shape index (κ3) is 6.41. The second-order valence-electron chi connectivity index (χ2n) is 15.3. The Labute approximate surface area is 349 Å². The molecule has 0 aliphatic rings. The first-order chi connectivity index (χ1) is 29.7. The maximum atomic E-state index is 6.24. The molecule has 1 aromatic heterocycles. The molecule has 0 aliphatic heterocycles. The molecule has 0 saturated carbocycles. The lowest BCUT2D eigenvalue weighted by atomic mass is 9.91. The fourth-order valence-electron chi connectivity index (χ4n) is 8.75. The molecule has 0 amide bonds. The molecule has 0 saturated heterocycles. The summed E-state index contributed by atoms with van der Waals surface area (Å²) < 4.78 is 6.24. The van der Waals surface area contributed by atoms with Crippen molar-refractivity contribution in [3.05, 3.63) is 237 Å². The molecule has 0 bridgehead atoms. The summed E-state index contributed by atoms with van der Waals surface area (Å²) in [6.45, 7) is 0. The first-order valence-electron chi connectivity index (χ1n) is 20.5. The van der Waals surface area contributed by atoms with Gasteiger partial charge in [0.1, 0.15) is 11.2 Å². The normalized spacial score (nSPS) is 11.3. The molecule has 0 aliphatic carbocycles. The smallest absolute Gasteiger partial charge is 0.136 e. The van der Waals surface area contributed by atoms with Crippen LogP contribution < -0.4 is 4.90 Å². The van der Waals surface area contributed by atoms with Crippen molar-refractivity contribution in [2.24, 2.45) is 0 Å². The Bertz CT molecular complexity index is 3280. The van der Waals surface area contributed by atoms with Crippen LogP contribution in [0.5, 0.6) is 0 Å². The number of para-hydroxylation sites is 2. The largest absolute Gasteiger partial charge is 0.456 e. The van der Waals surface area contributed by atoms with Crippen molar-refractivity contribution >= 4 is 49.8 Å². The summed E-state index contributed by atoms with van der Waals surface area (Å²) in [6.07, 6.45) is 0. The molecule has 2 nitrogen and oxygen atoms in total. The zero-order chi connectivity index (χ0) is 39.8. The van der Waals surface area contributed by atoms with Gasteiger partial charge in [0.15, 0.2) is 0 Å². The summed E-state index contributed by atoms with van der Waals surface area (Å²) in [4.78, 5) is 2.40. The molecular formula is C58H39NO. The molecule has 0 spiro atoms. The Morgan fingerprint density at radius 3 is 1.52 bits per heavy atom. The summed E-state index contributed by atoms with van der Waals surface area (Å²) in [6, 6.07) is 84.9. The minimum Gasteiger partial charge on any atom is -0.456 e. The molecule has 11 rings (SSSR count). The van der Waals surface area contributed by atoms with Crippen molar-refractivity contribution in [1.82, 2.24) is 0 Å². The van der Waals surface area contributed by atoms with Crippen molar-refractivity contribution < 1.29 is 4.42 Å². The fraction of sp³-hybridized carbons (Fsp3) is 0. The molecule has 0 unspecified atom stereocenters. The molecule has 0 radical (unpaired) electrons. The number of anilines is 3. The predicted octanol–water partition coefficient (Wildman–Crippen LogP) is 16.5. The number of fused-ring (bicyclic) bond motifs is 5. The van der Waals surface area contributed by atoms with Crippen LogP contribution in [0.1, 0.15) is 0 Å². The van der Waals surface area contributed by atoms with E-state index in [9.17, 15) is 0 Å². The molecule has 0 N–H and O–H groups in total. The number of hydrogen-bond acceptors (Lipinski definition) is 2. The number of nitrogens with zero attached hydrogens (tertiary/aromatic N) is 1. The van der Waals surface area contributed by atoms with Crippen LogP contribution in [0.4, 0.5) is 17.1 Å². The van der Waals surface area contributed by atoms with Gasteiger partial charge in [-0.15, -0.1) is 0 Å². The van der Waals surface area contributed by atoms with Gasteiger partial charge in [0.2, 0.25) is 0 Å². The van der Waals surface area contributed by atoms with E-state index in [4.69, 9.17) is 4.42 Å². The number of rotatable bonds is 8. The van der Waals surface area contributed by atoms with Gasteiger partial charge in [-0.2, -0.15) is 0 Å². The molecule has 60 heavy (non-hydrogen) atoms. The van der Waals surface area contributed by atoms with Gasteiger partial charge in [0.05, 0.1) is 5.69 Å². The van der Waals surface area contributed by atoms with Crippen LogP contribution in [0.2, 0.25) is 0 Å². The van der Waals surface area contributed by atoms with Crippen molar-refractivity contribution in [3.8, 4) is 55.6 Å². The van der Waals surface area contributed by atoms with E-state index in [0.29, 0.717) is 0 Å². The molecule has 0 fully saturated rings. The van der Waals surface area contributed by atoms with Crippen molar-refractivity contribution in [3.63, 3.8) is 0 Å². The predicted molar refractivity (Wildman–Crippen MR) is 253 cm³/mol. The van der Waals surface area contributed by atoms with Crippen LogP contribution in [0, 0.1) is 0 Å². The zero-order valence-corrected chi connectivity index (χ0v) is 32.9. The van der Waals surface area contributed by atoms with E-state index in [2.05, 4.69) is 229 Å². The third-order valence-corrected chi connectivity index (χ3v) is 11.7. The highest BCUT2D eigenvalue weighted by Gasteiger charge is 2.20. The standard InChI is InChI=1S/C58H39NO/c1-4-14-40(15-5-1)41-24-26-42(27-25-41)43-28-32-48(33-29-43)59(55-22-12-10-20-51(55)44-16-6-2-7-17-44)49-34-36-50(54(39-49)45-18-8-3-9-19-45)46-30-35-52-47(38-46)31-37-57-58(52)53-21-11-13-23-56(53)60-57/h1-39H. The minimum atomic E-state index is 0.913. The van der Waals surface area contributed by atoms with E-state index in [1.165, 1.54) is 55.3 Å². The molecule has 11 aromatic rings. The molecule has 10 aromatic carbocycles. The van der Waals surface area contributed by atoms with Crippen LogP contribution in [0.3, 0.4) is 0 Å². The van der Waals surface area contributed by atoms with E-state index in [1.807, 2.05) is 12.1 Å². The van der Waals surface area contributed by atoms with Crippen LogP contribution in [-0.4, -0.2) is 0 Å². The second kappa shape index (κ2) is 15.1. The van der Waals surface area contributed by atoms with Gasteiger partial charge >= 0.3 is 0 Å². The molecular weight excluding hydrogens is 727 g/mol. The summed E-state index contributed by atoms with van der Waals surface area (Å²) >= 11 is 0. The molecule has 282 valence electrons. The summed E-state index contributed by atoms with van der Waals surface area (Å²) in [5.74, 6) is 0. The zero-order valence-electron chi connectivity index (χ0n) is 32.9. The van der Waals surface area contributed by atoms with Gasteiger partial charge in [0.25, 0.3) is 0 Å². The maximum Gasteiger partial charge on any atom is 0.136 e. The lowest BCUT2D eigenvalue weighted by molar-refractivity contribution is 0.669. The Morgan fingerprint density at radius 1 is 0.283 bits per heavy atom. The van der Waals surface area contributed by atoms with Crippen molar-refractivity contribution in [1.29, 1.82) is 0 Å². The van der Waals surface area contributed by atoms with Crippen LogP contribution >= 0.6 is 0 Å². The van der Waals surface area contributed by atoms with Gasteiger partial charge in [0, 0.05) is 27.7 Å². The first-order valence-corrected chi connectivity index (χ1v) is 20.5. The highest BCUT2D eigenvalue weighted by atomic mass is 16.3. The van der Waals surface area contributed by atoms with Gasteiger partial charge in [-0.05, 0) is 109 Å². The van der Waals surface area contributed by atoms with E-state index >= 15 is 0 Å². The SMILES string of the molecule is c1ccc(-c2ccc(-c3ccc(N(c4ccc(-c5ccc6c(ccc7oc8ccccc8c76)c5)c(-c5ccccc5)c4)c4ccccc4-c4ccccc4)cc3)cc2)cc1.